The van der Waals surface area contributed by atoms with Crippen LogP contribution in [0.5, 0.6) is 0 Å². The van der Waals surface area contributed by atoms with Crippen LogP contribution in [-0.4, -0.2) is 37.4 Å². The quantitative estimate of drug-likeness (QED) is 0.218. The van der Waals surface area contributed by atoms with Crippen LogP contribution >= 0.6 is 7.26 Å². The van der Waals surface area contributed by atoms with Gasteiger partial charge in [-0.15, -0.1) is 0 Å². The SMILES string of the molecule is CC(C)(C)OC(=O)C[C@@H](C[P+](c1ccccc1)(c1ccccc1)c1ccccc1)N[B]C=O. The van der Waals surface area contributed by atoms with Crippen LogP contribution in [0.1, 0.15) is 27.2 Å². The summed E-state index contributed by atoms with van der Waals surface area (Å²) in [6.45, 7) is 5.58. The average Bonchev–Trinajstić information content (AvgIpc) is 2.81. The molecule has 6 heteroatoms. The van der Waals surface area contributed by atoms with E-state index in [4.69, 9.17) is 4.74 Å². The van der Waals surface area contributed by atoms with Crippen molar-refractivity contribution in [2.45, 2.75) is 38.8 Å². The second-order valence-corrected chi connectivity index (χ2v) is 12.5. The molecule has 33 heavy (non-hydrogen) atoms. The van der Waals surface area contributed by atoms with E-state index in [1.807, 2.05) is 39.0 Å². The van der Waals surface area contributed by atoms with Gasteiger partial charge >= 0.3 is 5.97 Å². The zero-order chi connectivity index (χ0) is 23.7. The van der Waals surface area contributed by atoms with Crippen molar-refractivity contribution < 1.29 is 14.3 Å². The molecule has 1 N–H and O–H groups in total. The Morgan fingerprint density at radius 2 is 1.30 bits per heavy atom. The summed E-state index contributed by atoms with van der Waals surface area (Å²) in [7, 11) is -0.784. The average molecular weight is 459 g/mol. The number of carbonyl (C=O) groups is 2. The van der Waals surface area contributed by atoms with Crippen molar-refractivity contribution in [3.05, 3.63) is 91.0 Å². The third-order valence-corrected chi connectivity index (χ3v) is 9.85. The molecule has 0 aliphatic rings. The Labute approximate surface area is 198 Å². The minimum absolute atomic E-state index is 0.163. The van der Waals surface area contributed by atoms with Gasteiger partial charge in [-0.05, 0) is 57.2 Å². The summed E-state index contributed by atoms with van der Waals surface area (Å²) >= 11 is 0. The lowest BCUT2D eigenvalue weighted by molar-refractivity contribution is -0.155. The molecule has 0 saturated heterocycles. The molecule has 4 nitrogen and oxygen atoms in total. The lowest BCUT2D eigenvalue weighted by Crippen LogP contribution is -2.45. The van der Waals surface area contributed by atoms with Gasteiger partial charge in [-0.2, -0.15) is 0 Å². The van der Waals surface area contributed by atoms with E-state index in [9.17, 15) is 9.59 Å². The maximum atomic E-state index is 12.8. The van der Waals surface area contributed by atoms with E-state index in [0.717, 1.165) is 6.19 Å². The lowest BCUT2D eigenvalue weighted by Gasteiger charge is -2.31. The van der Waals surface area contributed by atoms with Crippen LogP contribution in [0, 0.1) is 0 Å². The topological polar surface area (TPSA) is 55.4 Å². The van der Waals surface area contributed by atoms with Crippen LogP contribution in [0.2, 0.25) is 0 Å². The number of nitrogens with one attached hydrogen (secondary N) is 1. The summed E-state index contributed by atoms with van der Waals surface area (Å²) in [4.78, 5) is 23.9. The van der Waals surface area contributed by atoms with Crippen LogP contribution < -0.4 is 21.1 Å². The molecule has 1 radical (unpaired) electrons. The first-order valence-electron chi connectivity index (χ1n) is 11.1. The van der Waals surface area contributed by atoms with Crippen molar-refractivity contribution >= 4 is 42.7 Å². The molecule has 0 bridgehead atoms. The third kappa shape index (κ3) is 6.63. The van der Waals surface area contributed by atoms with E-state index in [0.29, 0.717) is 6.16 Å². The molecule has 3 rings (SSSR count). The first-order chi connectivity index (χ1) is 15.8. The Bertz CT molecular complexity index is 927. The molecule has 0 unspecified atom stereocenters. The van der Waals surface area contributed by atoms with Gasteiger partial charge in [0.2, 0.25) is 0 Å². The highest BCUT2D eigenvalue weighted by molar-refractivity contribution is 7.95. The van der Waals surface area contributed by atoms with E-state index in [-0.39, 0.29) is 18.4 Å². The van der Waals surface area contributed by atoms with E-state index < -0.39 is 12.9 Å². The Balaban J connectivity index is 2.12. The minimum atomic E-state index is -2.16. The highest BCUT2D eigenvalue weighted by atomic mass is 31.2. The van der Waals surface area contributed by atoms with Crippen LogP contribution in [0.3, 0.4) is 0 Å². The second-order valence-electron chi connectivity index (χ2n) is 8.96. The standard InChI is InChI=1S/C27H31BNO3P/c1-27(2,3)32-26(31)19-22(29-28-21-30)20-33(23-13-7-4-8-14-23,24-15-9-5-10-16-24)25-17-11-6-12-18-25/h4-18,21-22,29H,19-20H2,1-3H3/q+1/t22-/m0/s1. The number of rotatable bonds is 10. The molecule has 1 atom stereocenters. The first-order valence-corrected chi connectivity index (χ1v) is 13.1. The molecule has 0 amide bonds. The van der Waals surface area contributed by atoms with Crippen molar-refractivity contribution in [2.24, 2.45) is 0 Å². The van der Waals surface area contributed by atoms with E-state index in [2.05, 4.69) is 78.0 Å². The largest absolute Gasteiger partial charge is 0.460 e. The molecular formula is C27H31BNO3P+. The normalized spacial score (nSPS) is 12.6. The van der Waals surface area contributed by atoms with E-state index in [1.165, 1.54) is 23.3 Å². The van der Waals surface area contributed by atoms with Crippen molar-refractivity contribution in [3.63, 3.8) is 0 Å². The Morgan fingerprint density at radius 1 is 0.879 bits per heavy atom. The highest BCUT2D eigenvalue weighted by Crippen LogP contribution is 2.55. The maximum Gasteiger partial charge on any atom is 0.307 e. The molecule has 0 spiro atoms. The fourth-order valence-corrected chi connectivity index (χ4v) is 8.54. The zero-order valence-electron chi connectivity index (χ0n) is 19.5. The van der Waals surface area contributed by atoms with Crippen molar-refractivity contribution in [2.75, 3.05) is 6.16 Å². The summed E-state index contributed by atoms with van der Waals surface area (Å²) in [5.41, 5.74) is -0.569. The summed E-state index contributed by atoms with van der Waals surface area (Å²) in [6.07, 6.45) is 1.54. The van der Waals surface area contributed by atoms with Gasteiger partial charge in [-0.3, -0.25) is 4.79 Å². The summed E-state index contributed by atoms with van der Waals surface area (Å²) < 4.78 is 5.61. The fourth-order valence-electron chi connectivity index (χ4n) is 4.08. The van der Waals surface area contributed by atoms with Crippen LogP contribution in [0.15, 0.2) is 91.0 Å². The van der Waals surface area contributed by atoms with Gasteiger partial charge in [0.05, 0.1) is 18.8 Å². The molecule has 0 aromatic heterocycles. The Hall–Kier alpha value is -2.75. The lowest BCUT2D eigenvalue weighted by atomic mass is 9.96. The molecule has 3 aromatic rings. The van der Waals surface area contributed by atoms with E-state index in [1.54, 1.807) is 0 Å². The minimum Gasteiger partial charge on any atom is -0.460 e. The summed E-state index contributed by atoms with van der Waals surface area (Å²) in [5.74, 6) is -0.286. The molecule has 0 aliphatic heterocycles. The predicted octanol–water partition coefficient (Wildman–Crippen LogP) is 3.48. The monoisotopic (exact) mass is 459 g/mol. The van der Waals surface area contributed by atoms with Crippen LogP contribution in [0.25, 0.3) is 0 Å². The van der Waals surface area contributed by atoms with Gasteiger partial charge in [-0.25, -0.2) is 0 Å². The summed E-state index contributed by atoms with van der Waals surface area (Å²) in [5, 5.41) is 6.86. The van der Waals surface area contributed by atoms with Gasteiger partial charge in [0, 0.05) is 6.04 Å². The number of carbonyl (C=O) groups excluding carboxylic acids is 2. The second kappa shape index (κ2) is 11.4. The Kier molecular flexibility index (Phi) is 8.60. The Morgan fingerprint density at radius 3 is 1.67 bits per heavy atom. The first kappa shape index (κ1) is 24.9. The van der Waals surface area contributed by atoms with Gasteiger partial charge in [0.25, 0.3) is 7.41 Å². The molecule has 0 fully saturated rings. The summed E-state index contributed by atoms with van der Waals surface area (Å²) in [6, 6.07) is 31.1. The predicted molar refractivity (Wildman–Crippen MR) is 140 cm³/mol. The molecule has 169 valence electrons. The zero-order valence-corrected chi connectivity index (χ0v) is 20.4. The van der Waals surface area contributed by atoms with Gasteiger partial charge < -0.3 is 14.8 Å². The molecule has 0 saturated carbocycles. The van der Waals surface area contributed by atoms with Crippen LogP contribution in [-0.2, 0) is 14.3 Å². The molecular weight excluding hydrogens is 428 g/mol. The van der Waals surface area contributed by atoms with Crippen molar-refractivity contribution in [3.8, 4) is 0 Å². The number of hydrogen-bond acceptors (Lipinski definition) is 4. The number of ether oxygens (including phenoxy) is 1. The van der Waals surface area contributed by atoms with E-state index >= 15 is 0 Å². The van der Waals surface area contributed by atoms with Crippen LogP contribution in [0.4, 0.5) is 0 Å². The maximum absolute atomic E-state index is 12.8. The van der Waals surface area contributed by atoms with Crippen molar-refractivity contribution in [1.82, 2.24) is 5.23 Å². The van der Waals surface area contributed by atoms with Gasteiger partial charge in [0.1, 0.15) is 28.8 Å². The van der Waals surface area contributed by atoms with Crippen molar-refractivity contribution in [1.29, 1.82) is 0 Å². The smallest absolute Gasteiger partial charge is 0.307 e. The van der Waals surface area contributed by atoms with Gasteiger partial charge in [-0.1, -0.05) is 54.6 Å². The molecule has 0 heterocycles. The number of esters is 1. The number of benzene rings is 3. The highest BCUT2D eigenvalue weighted by Gasteiger charge is 2.47. The third-order valence-electron chi connectivity index (χ3n) is 5.32. The fraction of sp³-hybridized carbons (Fsp3) is 0.259. The molecule has 3 aromatic carbocycles. The molecule has 0 aliphatic carbocycles. The number of hydrogen-bond donors (Lipinski definition) is 1. The van der Waals surface area contributed by atoms with Gasteiger partial charge in [0.15, 0.2) is 0 Å².